The first-order chi connectivity index (χ1) is 9.88. The number of benzene rings is 1. The summed E-state index contributed by atoms with van der Waals surface area (Å²) in [6.07, 6.45) is -2.89. The summed E-state index contributed by atoms with van der Waals surface area (Å²) in [4.78, 5) is 11.6. The molecular weight excluding hydrogens is 307 g/mol. The molecule has 1 atom stereocenters. The number of nitrogens with zero attached hydrogens (tertiary/aromatic N) is 1. The summed E-state index contributed by atoms with van der Waals surface area (Å²) in [5.74, 6) is -1.88. The topological polar surface area (TPSA) is 31.2 Å². The Labute approximate surface area is 123 Å². The van der Waals surface area contributed by atoms with Crippen LogP contribution in [0.1, 0.15) is 16.8 Å². The van der Waals surface area contributed by atoms with Gasteiger partial charge in [0.05, 0.1) is 22.2 Å². The van der Waals surface area contributed by atoms with Crippen molar-refractivity contribution < 1.29 is 22.7 Å². The van der Waals surface area contributed by atoms with Gasteiger partial charge in [-0.25, -0.2) is 0 Å². The molecule has 0 saturated carbocycles. The molecule has 1 unspecified atom stereocenters. The van der Waals surface area contributed by atoms with Crippen LogP contribution in [0.5, 0.6) is 0 Å². The summed E-state index contributed by atoms with van der Waals surface area (Å²) in [6.45, 7) is 1.06. The number of hydrogen-bond donors (Lipinski definition) is 0. The number of hydrogen-bond acceptors (Lipinski definition) is 2. The van der Waals surface area contributed by atoms with Crippen molar-refractivity contribution in [1.29, 1.82) is 0 Å². The van der Waals surface area contributed by atoms with Crippen LogP contribution in [-0.4, -0.2) is 29.2 Å². The highest BCUT2D eigenvalue weighted by molar-refractivity contribution is 6.37. The summed E-state index contributed by atoms with van der Waals surface area (Å²) >= 11 is 5.99. The van der Waals surface area contributed by atoms with Gasteiger partial charge < -0.3 is 9.30 Å². The molecule has 1 aliphatic rings. The number of alkyl halides is 3. The number of ether oxygens (including phenoxy) is 1. The number of carbonyl (C=O) groups excluding carboxylic acids is 1. The molecule has 1 fully saturated rings. The fraction of sp³-hybridized carbons (Fsp3) is 0.357. The Hall–Kier alpha value is -1.53. The monoisotopic (exact) mass is 317 g/mol. The van der Waals surface area contributed by atoms with E-state index in [0.717, 1.165) is 6.42 Å². The van der Waals surface area contributed by atoms with Crippen molar-refractivity contribution in [3.05, 3.63) is 35.0 Å². The van der Waals surface area contributed by atoms with Crippen molar-refractivity contribution in [1.82, 2.24) is 4.57 Å². The quantitative estimate of drug-likeness (QED) is 0.806. The van der Waals surface area contributed by atoms with Gasteiger partial charge in [0.2, 0.25) is 0 Å². The van der Waals surface area contributed by atoms with E-state index in [-0.39, 0.29) is 16.5 Å². The fourth-order valence-electron chi connectivity index (χ4n) is 2.43. The minimum absolute atomic E-state index is 0.0339. The number of fused-ring (bicyclic) bond motifs is 1. The van der Waals surface area contributed by atoms with Gasteiger partial charge in [-0.1, -0.05) is 17.7 Å². The predicted octanol–water partition coefficient (Wildman–Crippen LogP) is 3.83. The van der Waals surface area contributed by atoms with Crippen molar-refractivity contribution >= 4 is 28.3 Å². The molecule has 1 aliphatic heterocycles. The molecule has 7 heteroatoms. The highest BCUT2D eigenvalue weighted by atomic mass is 35.5. The second-order valence-electron chi connectivity index (χ2n) is 4.94. The van der Waals surface area contributed by atoms with E-state index in [1.54, 1.807) is 16.7 Å². The van der Waals surface area contributed by atoms with Crippen LogP contribution in [0, 0.1) is 0 Å². The van der Waals surface area contributed by atoms with E-state index in [9.17, 15) is 18.0 Å². The second kappa shape index (κ2) is 5.03. The Morgan fingerprint density at radius 1 is 1.43 bits per heavy atom. The lowest BCUT2D eigenvalue weighted by molar-refractivity contribution is -0.0884. The summed E-state index contributed by atoms with van der Waals surface area (Å²) in [7, 11) is 0. The van der Waals surface area contributed by atoms with Gasteiger partial charge in [-0.15, -0.1) is 0 Å². The lowest BCUT2D eigenvalue weighted by Gasteiger charge is -2.27. The smallest absolute Gasteiger partial charge is 0.376 e. The third kappa shape index (κ3) is 2.53. The Kier molecular flexibility index (Phi) is 3.45. The summed E-state index contributed by atoms with van der Waals surface area (Å²) in [5.41, 5.74) is 0.0908. The Bertz CT molecular complexity index is 704. The van der Waals surface area contributed by atoms with Gasteiger partial charge in [-0.3, -0.25) is 4.79 Å². The predicted molar refractivity (Wildman–Crippen MR) is 71.7 cm³/mol. The van der Waals surface area contributed by atoms with Gasteiger partial charge in [0.1, 0.15) is 0 Å². The fourth-order valence-corrected chi connectivity index (χ4v) is 2.70. The molecule has 1 aromatic heterocycles. The van der Waals surface area contributed by atoms with E-state index in [4.69, 9.17) is 16.3 Å². The second-order valence-corrected chi connectivity index (χ2v) is 5.34. The van der Waals surface area contributed by atoms with Crippen LogP contribution in [-0.2, 0) is 11.3 Å². The van der Waals surface area contributed by atoms with Gasteiger partial charge in [0, 0.05) is 24.7 Å². The molecule has 112 valence electrons. The molecule has 0 aliphatic carbocycles. The van der Waals surface area contributed by atoms with Gasteiger partial charge in [0.15, 0.2) is 0 Å². The van der Waals surface area contributed by atoms with E-state index in [1.165, 1.54) is 12.3 Å². The van der Waals surface area contributed by atoms with E-state index in [1.807, 2.05) is 0 Å². The Morgan fingerprint density at radius 2 is 2.14 bits per heavy atom. The molecule has 0 amide bonds. The number of halogens is 4. The van der Waals surface area contributed by atoms with Crippen LogP contribution >= 0.6 is 11.6 Å². The normalized spacial score (nSPS) is 18.8. The highest BCUT2D eigenvalue weighted by Gasteiger charge is 2.41. The maximum Gasteiger partial charge on any atom is 0.454 e. The number of aromatic nitrogens is 1. The van der Waals surface area contributed by atoms with Gasteiger partial charge in [-0.05, 0) is 18.6 Å². The molecule has 3 nitrogen and oxygen atoms in total. The van der Waals surface area contributed by atoms with Crippen LogP contribution in [0.15, 0.2) is 24.4 Å². The number of carbonyl (C=O) groups is 1. The van der Waals surface area contributed by atoms with Gasteiger partial charge in [0.25, 0.3) is 5.78 Å². The lowest BCUT2D eigenvalue weighted by Crippen LogP contribution is -2.31. The molecule has 2 heterocycles. The SMILES string of the molecule is O=C(c1cn(CC2CCO2)c2cccc(Cl)c12)C(F)(F)F. The first-order valence-corrected chi connectivity index (χ1v) is 6.76. The average molecular weight is 318 g/mol. The Balaban J connectivity index is 2.13. The highest BCUT2D eigenvalue weighted by Crippen LogP contribution is 2.33. The van der Waals surface area contributed by atoms with Crippen molar-refractivity contribution in [2.75, 3.05) is 6.61 Å². The maximum atomic E-state index is 12.7. The van der Waals surface area contributed by atoms with E-state index in [2.05, 4.69) is 0 Å². The molecule has 2 aromatic rings. The first-order valence-electron chi connectivity index (χ1n) is 6.38. The zero-order valence-electron chi connectivity index (χ0n) is 10.8. The maximum absolute atomic E-state index is 12.7. The van der Waals surface area contributed by atoms with Crippen LogP contribution in [0.2, 0.25) is 5.02 Å². The van der Waals surface area contributed by atoms with Gasteiger partial charge in [-0.2, -0.15) is 13.2 Å². The van der Waals surface area contributed by atoms with Crippen LogP contribution in [0.25, 0.3) is 10.9 Å². The van der Waals surface area contributed by atoms with Crippen LogP contribution < -0.4 is 0 Å². The minimum atomic E-state index is -4.93. The van der Waals surface area contributed by atoms with Crippen LogP contribution in [0.4, 0.5) is 13.2 Å². The third-order valence-electron chi connectivity index (χ3n) is 3.55. The zero-order valence-corrected chi connectivity index (χ0v) is 11.5. The molecule has 1 aromatic carbocycles. The molecule has 0 N–H and O–H groups in total. The Morgan fingerprint density at radius 3 is 2.71 bits per heavy atom. The minimum Gasteiger partial charge on any atom is -0.376 e. The first kappa shape index (κ1) is 14.4. The molecule has 3 rings (SSSR count). The lowest BCUT2D eigenvalue weighted by atomic mass is 10.1. The number of rotatable bonds is 3. The van der Waals surface area contributed by atoms with Gasteiger partial charge >= 0.3 is 6.18 Å². The molecule has 0 radical (unpaired) electrons. The molecule has 0 bridgehead atoms. The summed E-state index contributed by atoms with van der Waals surface area (Å²) in [5, 5.41) is 0.272. The average Bonchev–Trinajstić information content (AvgIpc) is 2.72. The number of ketones is 1. The molecular formula is C14H11ClF3NO2. The van der Waals surface area contributed by atoms with Crippen molar-refractivity contribution in [3.8, 4) is 0 Å². The number of Topliss-reactive ketones (excluding diaryl/α,β-unsaturated/α-hetero) is 1. The van der Waals surface area contributed by atoms with E-state index >= 15 is 0 Å². The van der Waals surface area contributed by atoms with Crippen molar-refractivity contribution in [2.45, 2.75) is 25.2 Å². The summed E-state index contributed by atoms with van der Waals surface area (Å²) in [6, 6.07) is 4.76. The molecule has 21 heavy (non-hydrogen) atoms. The van der Waals surface area contributed by atoms with Crippen molar-refractivity contribution in [2.24, 2.45) is 0 Å². The largest absolute Gasteiger partial charge is 0.454 e. The third-order valence-corrected chi connectivity index (χ3v) is 3.87. The van der Waals surface area contributed by atoms with Crippen LogP contribution in [0.3, 0.4) is 0 Å². The zero-order chi connectivity index (χ0) is 15.2. The van der Waals surface area contributed by atoms with E-state index < -0.39 is 17.5 Å². The standard InChI is InChI=1S/C14H11ClF3NO2/c15-10-2-1-3-11-12(10)9(13(20)14(16,17)18)7-19(11)6-8-4-5-21-8/h1-3,7-8H,4-6H2. The van der Waals surface area contributed by atoms with Crippen molar-refractivity contribution in [3.63, 3.8) is 0 Å². The molecule has 1 saturated heterocycles. The molecule has 0 spiro atoms. The summed E-state index contributed by atoms with van der Waals surface area (Å²) < 4.78 is 45.0. The van der Waals surface area contributed by atoms with E-state index in [0.29, 0.717) is 18.7 Å².